The molecule has 2 rings (SSSR count). The Morgan fingerprint density at radius 1 is 1.15 bits per heavy atom. The summed E-state index contributed by atoms with van der Waals surface area (Å²) in [4.78, 5) is 11.6. The Morgan fingerprint density at radius 3 is 2.58 bits per heavy atom. The van der Waals surface area contributed by atoms with Crippen LogP contribution in [-0.2, 0) is 4.74 Å². The lowest BCUT2D eigenvalue weighted by molar-refractivity contribution is 0.0520. The molecule has 1 aliphatic rings. The van der Waals surface area contributed by atoms with Gasteiger partial charge < -0.3 is 19.5 Å². The van der Waals surface area contributed by atoms with E-state index in [2.05, 4.69) is 5.32 Å². The number of amides is 1. The highest BCUT2D eigenvalue weighted by molar-refractivity contribution is 5.67. The van der Waals surface area contributed by atoms with Crippen LogP contribution in [0, 0.1) is 12.8 Å². The van der Waals surface area contributed by atoms with E-state index in [4.69, 9.17) is 14.2 Å². The van der Waals surface area contributed by atoms with Gasteiger partial charge in [-0.2, -0.15) is 0 Å². The molecule has 0 spiro atoms. The summed E-state index contributed by atoms with van der Waals surface area (Å²) in [5, 5.41) is 2.69. The van der Waals surface area contributed by atoms with Crippen LogP contribution in [0.25, 0.3) is 0 Å². The molecule has 0 atom stereocenters. The Hall–Kier alpha value is -1.91. The Labute approximate surface area is 157 Å². The van der Waals surface area contributed by atoms with Gasteiger partial charge in [0, 0.05) is 6.07 Å². The number of benzene rings is 1. The number of carbonyl (C=O) groups excluding carboxylic acids is 1. The molecule has 0 saturated heterocycles. The zero-order valence-electron chi connectivity index (χ0n) is 16.6. The predicted octanol–water partition coefficient (Wildman–Crippen LogP) is 4.86. The van der Waals surface area contributed by atoms with E-state index in [0.29, 0.717) is 19.1 Å². The standard InChI is InChI=1S/C21H33NO4/c1-16-10-11-18(25-15-17-8-6-5-7-9-17)14-19(16)24-13-12-22-20(23)26-21(2,3)4/h10-11,14,17H,5-9,12-13,15H2,1-4H3,(H,22,23). The molecule has 1 N–H and O–H groups in total. The van der Waals surface area contributed by atoms with E-state index in [9.17, 15) is 4.79 Å². The zero-order chi connectivity index (χ0) is 19.0. The second kappa shape index (κ2) is 9.70. The lowest BCUT2D eigenvalue weighted by atomic mass is 9.90. The third kappa shape index (κ3) is 7.54. The Kier molecular flexibility index (Phi) is 7.61. The number of ether oxygens (including phenoxy) is 3. The third-order valence-electron chi connectivity index (χ3n) is 4.40. The molecule has 5 nitrogen and oxygen atoms in total. The summed E-state index contributed by atoms with van der Waals surface area (Å²) in [7, 11) is 0. The Bertz CT molecular complexity index is 574. The maximum Gasteiger partial charge on any atom is 0.407 e. The van der Waals surface area contributed by atoms with Crippen molar-refractivity contribution in [1.29, 1.82) is 0 Å². The summed E-state index contributed by atoms with van der Waals surface area (Å²) in [5.41, 5.74) is 0.554. The molecular formula is C21H33NO4. The van der Waals surface area contributed by atoms with Crippen molar-refractivity contribution in [2.45, 2.75) is 65.4 Å². The van der Waals surface area contributed by atoms with Crippen molar-refractivity contribution in [3.63, 3.8) is 0 Å². The Morgan fingerprint density at radius 2 is 1.88 bits per heavy atom. The summed E-state index contributed by atoms with van der Waals surface area (Å²) in [6, 6.07) is 5.93. The fourth-order valence-corrected chi connectivity index (χ4v) is 3.02. The maximum absolute atomic E-state index is 11.6. The first kappa shape index (κ1) is 20.4. The van der Waals surface area contributed by atoms with Crippen LogP contribution < -0.4 is 14.8 Å². The highest BCUT2D eigenvalue weighted by Crippen LogP contribution is 2.27. The van der Waals surface area contributed by atoms with Crippen LogP contribution in [-0.4, -0.2) is 31.5 Å². The van der Waals surface area contributed by atoms with Crippen LogP contribution in [0.1, 0.15) is 58.4 Å². The molecule has 0 radical (unpaired) electrons. The molecule has 1 aromatic rings. The average Bonchev–Trinajstić information content (AvgIpc) is 2.58. The van der Waals surface area contributed by atoms with Crippen molar-refractivity contribution in [2.75, 3.05) is 19.8 Å². The molecule has 1 amide bonds. The number of carbonyl (C=O) groups is 1. The summed E-state index contributed by atoms with van der Waals surface area (Å²) in [6.45, 7) is 9.07. The first-order valence-corrected chi connectivity index (χ1v) is 9.66. The normalized spacial score (nSPS) is 15.4. The van der Waals surface area contributed by atoms with Crippen LogP contribution in [0.15, 0.2) is 18.2 Å². The lowest BCUT2D eigenvalue weighted by Crippen LogP contribution is -2.34. The number of rotatable bonds is 7. The SMILES string of the molecule is Cc1ccc(OCC2CCCCC2)cc1OCCNC(=O)OC(C)(C)C. The highest BCUT2D eigenvalue weighted by atomic mass is 16.6. The molecule has 0 bridgehead atoms. The van der Waals surface area contributed by atoms with Crippen molar-refractivity contribution >= 4 is 6.09 Å². The largest absolute Gasteiger partial charge is 0.493 e. The summed E-state index contributed by atoms with van der Waals surface area (Å²) >= 11 is 0. The van der Waals surface area contributed by atoms with Crippen molar-refractivity contribution < 1.29 is 19.0 Å². The monoisotopic (exact) mass is 363 g/mol. The summed E-state index contributed by atoms with van der Waals surface area (Å²) in [6.07, 6.45) is 6.11. The smallest absolute Gasteiger partial charge is 0.407 e. The summed E-state index contributed by atoms with van der Waals surface area (Å²) < 4.78 is 17.0. The van der Waals surface area contributed by atoms with Crippen molar-refractivity contribution in [3.8, 4) is 11.5 Å². The molecule has 1 aliphatic carbocycles. The van der Waals surface area contributed by atoms with Gasteiger partial charge in [-0.3, -0.25) is 0 Å². The summed E-state index contributed by atoms with van der Waals surface area (Å²) in [5.74, 6) is 2.31. The van der Waals surface area contributed by atoms with Crippen molar-refractivity contribution in [1.82, 2.24) is 5.32 Å². The lowest BCUT2D eigenvalue weighted by Gasteiger charge is -2.22. The van der Waals surface area contributed by atoms with Crippen LogP contribution in [0.5, 0.6) is 11.5 Å². The molecule has 5 heteroatoms. The number of aryl methyl sites for hydroxylation is 1. The van der Waals surface area contributed by atoms with Gasteiger partial charge in [0.1, 0.15) is 23.7 Å². The van der Waals surface area contributed by atoms with E-state index in [0.717, 1.165) is 23.7 Å². The Balaban J connectivity index is 1.75. The molecule has 0 aromatic heterocycles. The number of hydrogen-bond donors (Lipinski definition) is 1. The zero-order valence-corrected chi connectivity index (χ0v) is 16.6. The van der Waals surface area contributed by atoms with E-state index in [1.807, 2.05) is 45.9 Å². The number of nitrogens with one attached hydrogen (secondary N) is 1. The first-order chi connectivity index (χ1) is 12.3. The second-order valence-electron chi connectivity index (χ2n) is 8.02. The predicted molar refractivity (Wildman–Crippen MR) is 103 cm³/mol. The highest BCUT2D eigenvalue weighted by Gasteiger charge is 2.16. The molecule has 1 fully saturated rings. The minimum Gasteiger partial charge on any atom is -0.493 e. The molecule has 0 aliphatic heterocycles. The molecular weight excluding hydrogens is 330 g/mol. The molecule has 0 unspecified atom stereocenters. The van der Waals surface area contributed by atoms with E-state index in [-0.39, 0.29) is 0 Å². The molecule has 0 heterocycles. The van der Waals surface area contributed by atoms with Gasteiger partial charge in [0.2, 0.25) is 0 Å². The van der Waals surface area contributed by atoms with Crippen LogP contribution in [0.2, 0.25) is 0 Å². The molecule has 26 heavy (non-hydrogen) atoms. The van der Waals surface area contributed by atoms with Crippen molar-refractivity contribution in [2.24, 2.45) is 5.92 Å². The van der Waals surface area contributed by atoms with Gasteiger partial charge in [0.25, 0.3) is 0 Å². The van der Waals surface area contributed by atoms with Crippen LogP contribution in [0.3, 0.4) is 0 Å². The van der Waals surface area contributed by atoms with E-state index in [1.54, 1.807) is 0 Å². The van der Waals surface area contributed by atoms with Gasteiger partial charge in [-0.25, -0.2) is 4.79 Å². The van der Waals surface area contributed by atoms with Gasteiger partial charge in [0.05, 0.1) is 13.2 Å². The fourth-order valence-electron chi connectivity index (χ4n) is 3.02. The fraction of sp³-hybridized carbons (Fsp3) is 0.667. The molecule has 1 saturated carbocycles. The van der Waals surface area contributed by atoms with Gasteiger partial charge in [-0.15, -0.1) is 0 Å². The minimum absolute atomic E-state index is 0.381. The topological polar surface area (TPSA) is 56.8 Å². The molecule has 146 valence electrons. The maximum atomic E-state index is 11.6. The second-order valence-corrected chi connectivity index (χ2v) is 8.02. The number of alkyl carbamates (subject to hydrolysis) is 1. The van der Waals surface area contributed by atoms with Gasteiger partial charge in [-0.1, -0.05) is 25.3 Å². The van der Waals surface area contributed by atoms with Crippen LogP contribution >= 0.6 is 0 Å². The minimum atomic E-state index is -0.495. The van der Waals surface area contributed by atoms with Gasteiger partial charge in [0.15, 0.2) is 0 Å². The molecule has 1 aromatic carbocycles. The van der Waals surface area contributed by atoms with Crippen molar-refractivity contribution in [3.05, 3.63) is 23.8 Å². The van der Waals surface area contributed by atoms with E-state index < -0.39 is 11.7 Å². The average molecular weight is 363 g/mol. The quantitative estimate of drug-likeness (QED) is 0.703. The first-order valence-electron chi connectivity index (χ1n) is 9.66. The van der Waals surface area contributed by atoms with Gasteiger partial charge >= 0.3 is 6.09 Å². The van der Waals surface area contributed by atoms with Crippen LogP contribution in [0.4, 0.5) is 4.79 Å². The third-order valence-corrected chi connectivity index (χ3v) is 4.40. The van der Waals surface area contributed by atoms with E-state index in [1.165, 1.54) is 32.1 Å². The van der Waals surface area contributed by atoms with Gasteiger partial charge in [-0.05, 0) is 58.1 Å². The van der Waals surface area contributed by atoms with E-state index >= 15 is 0 Å². The number of hydrogen-bond acceptors (Lipinski definition) is 4.